The van der Waals surface area contributed by atoms with Crippen molar-refractivity contribution in [2.45, 2.75) is 96.9 Å². The number of hydrogen-bond acceptors (Lipinski definition) is 8. The zero-order valence-corrected chi connectivity index (χ0v) is 24.0. The predicted molar refractivity (Wildman–Crippen MR) is 146 cm³/mol. The van der Waals surface area contributed by atoms with Crippen LogP contribution in [0.25, 0.3) is 0 Å². The molecular formula is C28H42N4O8. The van der Waals surface area contributed by atoms with Crippen LogP contribution in [0.2, 0.25) is 0 Å². The molecule has 1 aliphatic rings. The fourth-order valence-corrected chi connectivity index (χ4v) is 4.26. The van der Waals surface area contributed by atoms with Gasteiger partial charge in [-0.1, -0.05) is 6.07 Å². The molecule has 5 N–H and O–H groups in total. The number of amides is 4. The molecule has 1 aromatic carbocycles. The molecule has 222 valence electrons. The van der Waals surface area contributed by atoms with Gasteiger partial charge in [-0.3, -0.25) is 19.2 Å². The normalized spacial score (nSPS) is 14.7. The predicted octanol–water partition coefficient (Wildman–Crippen LogP) is 2.35. The lowest BCUT2D eigenvalue weighted by atomic mass is 9.87. The number of aromatic hydroxyl groups is 1. The summed E-state index contributed by atoms with van der Waals surface area (Å²) < 4.78 is 10.3. The van der Waals surface area contributed by atoms with Crippen molar-refractivity contribution in [2.24, 2.45) is 5.73 Å². The topological polar surface area (TPSA) is 177 Å². The fourth-order valence-electron chi connectivity index (χ4n) is 4.26. The average Bonchev–Trinajstić information content (AvgIpc) is 2.80. The van der Waals surface area contributed by atoms with Gasteiger partial charge in [-0.05, 0) is 83.6 Å². The number of nitrogens with one attached hydrogen (secondary N) is 2. The number of nitrogens with zero attached hydrogens (tertiary/aromatic N) is 1. The van der Waals surface area contributed by atoms with Gasteiger partial charge in [0.15, 0.2) is 0 Å². The SMILES string of the molecule is CCOC(=O)CCNC(=O)C(c1ccc(O)c(C)c1)N(C(=O)C(CCC(N)=O)NC(=O)OC(C)(C)C)C1CCC1. The number of phenols is 1. The van der Waals surface area contributed by atoms with E-state index in [4.69, 9.17) is 15.2 Å². The zero-order chi connectivity index (χ0) is 30.0. The summed E-state index contributed by atoms with van der Waals surface area (Å²) in [6.07, 6.45) is 0.919. The molecule has 2 rings (SSSR count). The van der Waals surface area contributed by atoms with Crippen LogP contribution < -0.4 is 16.4 Å². The van der Waals surface area contributed by atoms with Crippen molar-refractivity contribution in [3.8, 4) is 5.75 Å². The average molecular weight is 563 g/mol. The molecule has 0 saturated heterocycles. The smallest absolute Gasteiger partial charge is 0.408 e. The molecule has 12 heteroatoms. The Bertz CT molecular complexity index is 1080. The molecule has 0 aromatic heterocycles. The molecule has 0 heterocycles. The first-order valence-corrected chi connectivity index (χ1v) is 13.6. The van der Waals surface area contributed by atoms with Crippen LogP contribution in [0.5, 0.6) is 5.75 Å². The molecule has 1 fully saturated rings. The van der Waals surface area contributed by atoms with Gasteiger partial charge in [-0.25, -0.2) is 4.79 Å². The number of rotatable bonds is 13. The molecule has 12 nitrogen and oxygen atoms in total. The fraction of sp³-hybridized carbons (Fsp3) is 0.607. The van der Waals surface area contributed by atoms with E-state index in [1.165, 1.54) is 11.0 Å². The Hall–Kier alpha value is -3.83. The molecule has 0 radical (unpaired) electrons. The molecule has 1 aliphatic carbocycles. The van der Waals surface area contributed by atoms with Crippen LogP contribution in [0, 0.1) is 6.92 Å². The summed E-state index contributed by atoms with van der Waals surface area (Å²) in [5, 5.41) is 15.4. The monoisotopic (exact) mass is 562 g/mol. The van der Waals surface area contributed by atoms with E-state index in [1.54, 1.807) is 46.8 Å². The molecule has 0 aliphatic heterocycles. The number of ether oxygens (including phenoxy) is 2. The first-order chi connectivity index (χ1) is 18.7. The number of esters is 1. The van der Waals surface area contributed by atoms with Crippen LogP contribution in [-0.2, 0) is 28.7 Å². The Kier molecular flexibility index (Phi) is 11.8. The summed E-state index contributed by atoms with van der Waals surface area (Å²) in [5.74, 6) is -2.22. The molecule has 1 aromatic rings. The van der Waals surface area contributed by atoms with Gasteiger partial charge < -0.3 is 35.8 Å². The molecule has 40 heavy (non-hydrogen) atoms. The van der Waals surface area contributed by atoms with Crippen LogP contribution in [0.4, 0.5) is 4.79 Å². The number of aryl methyl sites for hydroxylation is 1. The van der Waals surface area contributed by atoms with Crippen molar-refractivity contribution in [3.05, 3.63) is 29.3 Å². The highest BCUT2D eigenvalue weighted by molar-refractivity contribution is 5.93. The van der Waals surface area contributed by atoms with Crippen molar-refractivity contribution in [3.63, 3.8) is 0 Å². The lowest BCUT2D eigenvalue weighted by Gasteiger charge is -2.43. The number of phenolic OH excluding ortho intramolecular Hbond substituents is 1. The maximum atomic E-state index is 14.1. The van der Waals surface area contributed by atoms with E-state index in [1.807, 2.05) is 0 Å². The third kappa shape index (κ3) is 9.73. The van der Waals surface area contributed by atoms with Crippen molar-refractivity contribution in [1.82, 2.24) is 15.5 Å². The minimum Gasteiger partial charge on any atom is -0.508 e. The molecular weight excluding hydrogens is 520 g/mol. The number of primary amides is 1. The van der Waals surface area contributed by atoms with Gasteiger partial charge in [-0.15, -0.1) is 0 Å². The maximum Gasteiger partial charge on any atom is 0.408 e. The number of carbonyl (C=O) groups excluding carboxylic acids is 5. The molecule has 4 amide bonds. The second-order valence-corrected chi connectivity index (χ2v) is 10.8. The second-order valence-electron chi connectivity index (χ2n) is 10.8. The number of hydrogen-bond donors (Lipinski definition) is 4. The van der Waals surface area contributed by atoms with Crippen LogP contribution >= 0.6 is 0 Å². The van der Waals surface area contributed by atoms with Crippen molar-refractivity contribution in [2.75, 3.05) is 13.2 Å². The summed E-state index contributed by atoms with van der Waals surface area (Å²) in [7, 11) is 0. The summed E-state index contributed by atoms with van der Waals surface area (Å²) in [6.45, 7) is 8.58. The van der Waals surface area contributed by atoms with Crippen molar-refractivity contribution >= 4 is 29.8 Å². The van der Waals surface area contributed by atoms with E-state index in [0.29, 0.717) is 24.0 Å². The van der Waals surface area contributed by atoms with Gasteiger partial charge in [0.25, 0.3) is 0 Å². The third-order valence-electron chi connectivity index (χ3n) is 6.39. The Balaban J connectivity index is 2.46. The number of benzene rings is 1. The Morgan fingerprint density at radius 3 is 2.35 bits per heavy atom. The quantitative estimate of drug-likeness (QED) is 0.265. The first kappa shape index (κ1) is 32.4. The zero-order valence-electron chi connectivity index (χ0n) is 24.0. The molecule has 1 saturated carbocycles. The van der Waals surface area contributed by atoms with Gasteiger partial charge in [0.1, 0.15) is 23.4 Å². The van der Waals surface area contributed by atoms with E-state index in [9.17, 15) is 29.1 Å². The maximum absolute atomic E-state index is 14.1. The van der Waals surface area contributed by atoms with E-state index in [0.717, 1.165) is 6.42 Å². The minimum atomic E-state index is -1.20. The highest BCUT2D eigenvalue weighted by atomic mass is 16.6. The third-order valence-corrected chi connectivity index (χ3v) is 6.39. The van der Waals surface area contributed by atoms with E-state index < -0.39 is 47.5 Å². The molecule has 0 bridgehead atoms. The van der Waals surface area contributed by atoms with E-state index >= 15 is 0 Å². The van der Waals surface area contributed by atoms with Gasteiger partial charge in [0.2, 0.25) is 17.7 Å². The van der Waals surface area contributed by atoms with Crippen molar-refractivity contribution < 1.29 is 38.6 Å². The van der Waals surface area contributed by atoms with E-state index in [-0.39, 0.29) is 44.2 Å². The van der Waals surface area contributed by atoms with Gasteiger partial charge >= 0.3 is 12.1 Å². The highest BCUT2D eigenvalue weighted by Gasteiger charge is 2.42. The Morgan fingerprint density at radius 1 is 1.15 bits per heavy atom. The number of carbonyl (C=O) groups is 5. The van der Waals surface area contributed by atoms with Crippen LogP contribution in [-0.4, -0.2) is 70.6 Å². The Morgan fingerprint density at radius 2 is 1.82 bits per heavy atom. The van der Waals surface area contributed by atoms with E-state index in [2.05, 4.69) is 10.6 Å². The van der Waals surface area contributed by atoms with Gasteiger partial charge in [-0.2, -0.15) is 0 Å². The second kappa shape index (κ2) is 14.5. The van der Waals surface area contributed by atoms with Crippen molar-refractivity contribution in [1.29, 1.82) is 0 Å². The number of alkyl carbamates (subject to hydrolysis) is 1. The lowest BCUT2D eigenvalue weighted by molar-refractivity contribution is -0.148. The van der Waals surface area contributed by atoms with Crippen LogP contribution in [0.3, 0.4) is 0 Å². The molecule has 2 unspecified atom stereocenters. The summed E-state index contributed by atoms with van der Waals surface area (Å²) in [4.78, 5) is 65.3. The molecule has 2 atom stereocenters. The lowest BCUT2D eigenvalue weighted by Crippen LogP contribution is -2.57. The minimum absolute atomic E-state index is 0.0147. The van der Waals surface area contributed by atoms with Crippen LogP contribution in [0.15, 0.2) is 18.2 Å². The summed E-state index contributed by atoms with van der Waals surface area (Å²) in [5.41, 5.74) is 5.45. The molecule has 0 spiro atoms. The summed E-state index contributed by atoms with van der Waals surface area (Å²) >= 11 is 0. The summed E-state index contributed by atoms with van der Waals surface area (Å²) in [6, 6.07) is 1.95. The van der Waals surface area contributed by atoms with Gasteiger partial charge in [0, 0.05) is 19.0 Å². The van der Waals surface area contributed by atoms with Crippen LogP contribution in [0.1, 0.15) is 83.4 Å². The Labute approximate surface area is 234 Å². The first-order valence-electron chi connectivity index (χ1n) is 13.6. The standard InChI is InChI=1S/C28H42N4O8/c1-6-39-23(35)14-15-30-25(36)24(18-10-12-21(33)17(2)16-18)32(19-8-7-9-19)26(37)20(11-13-22(29)34)31-27(38)40-28(3,4)5/h10,12,16,19-20,24,33H,6-9,11,13-15H2,1-5H3,(H2,29,34)(H,30,36)(H,31,38). The highest BCUT2D eigenvalue weighted by Crippen LogP contribution is 2.35. The van der Waals surface area contributed by atoms with Gasteiger partial charge in [0.05, 0.1) is 13.0 Å². The largest absolute Gasteiger partial charge is 0.508 e. The number of nitrogens with two attached hydrogens (primary N) is 1.